The molecule has 0 aliphatic carbocycles. The fourth-order valence-electron chi connectivity index (χ4n) is 8.34. The number of nitrogen functional groups attached to an aromatic ring is 1. The summed E-state index contributed by atoms with van der Waals surface area (Å²) in [5, 5.41) is 52.2. The molecule has 0 amide bonds. The minimum absolute atomic E-state index is 0. The van der Waals surface area contributed by atoms with E-state index in [2.05, 4.69) is 66.5 Å². The number of rotatable bonds is 16. The highest BCUT2D eigenvalue weighted by molar-refractivity contribution is 6.76. The van der Waals surface area contributed by atoms with Crippen molar-refractivity contribution in [2.24, 2.45) is 0 Å². The van der Waals surface area contributed by atoms with Gasteiger partial charge in [0.15, 0.2) is 0 Å². The average Bonchev–Trinajstić information content (AvgIpc) is 4.20. The minimum atomic E-state index is -0.960. The zero-order valence-corrected chi connectivity index (χ0v) is 48.0. The first-order valence-corrected chi connectivity index (χ1v) is 32.8. The van der Waals surface area contributed by atoms with E-state index in [1.807, 2.05) is 29.2 Å². The van der Waals surface area contributed by atoms with Crippen molar-refractivity contribution < 1.29 is 38.8 Å². The van der Waals surface area contributed by atoms with Gasteiger partial charge in [0.1, 0.15) is 5.82 Å². The number of nitrogens with one attached hydrogen (secondary N) is 1. The fourth-order valence-corrected chi connectivity index (χ4v) is 10.7. The molecule has 5 N–H and O–H groups in total. The second-order valence-electron chi connectivity index (χ2n) is 21.2. The molecule has 4 aromatic carbocycles. The highest BCUT2D eigenvalue weighted by Crippen LogP contribution is 2.27. The van der Waals surface area contributed by atoms with Gasteiger partial charge in [-0.25, -0.2) is 4.39 Å². The van der Waals surface area contributed by atoms with E-state index in [9.17, 15) is 39.8 Å². The lowest BCUT2D eigenvalue weighted by molar-refractivity contribution is -0.385. The number of β-amino-alcohol motifs (C(OH)–C–C–N with tert-alkyl or cyclic N) is 2. The van der Waals surface area contributed by atoms with E-state index in [4.69, 9.17) is 20.3 Å². The van der Waals surface area contributed by atoms with Crippen LogP contribution in [0.3, 0.4) is 0 Å². The highest BCUT2D eigenvalue weighted by atomic mass is 35.5. The van der Waals surface area contributed by atoms with Gasteiger partial charge in [0.2, 0.25) is 0 Å². The SMILES string of the molecule is C[Si](C)(C)CCCOC1CCN(c2ccc(N)cc2)C1.C[Si](C)(C)CCCOC1CCN(c2ccc([N+](=O)[O-])cc2)C1.Cl.Cl.O=[N+]([O-])c1ccc(F)cc1.O=[N+]([O-])c1ccc(N2CCC(O)C2)cc1.OC1CCNC1. The molecule has 0 aromatic heterocycles. The van der Waals surface area contributed by atoms with Crippen molar-refractivity contribution in [2.45, 2.75) is 114 Å². The molecule has 4 heterocycles. The molecule has 23 heteroatoms. The Morgan fingerprint density at radius 1 is 0.573 bits per heavy atom. The Bertz CT molecular complexity index is 2260. The summed E-state index contributed by atoms with van der Waals surface area (Å²) in [6.45, 7) is 23.3. The summed E-state index contributed by atoms with van der Waals surface area (Å²) < 4.78 is 24.1. The fraction of sp³-hybridized carbons (Fsp3) is 0.538. The van der Waals surface area contributed by atoms with Gasteiger partial charge >= 0.3 is 0 Å². The van der Waals surface area contributed by atoms with Crippen LogP contribution in [-0.4, -0.2) is 131 Å². The van der Waals surface area contributed by atoms with Gasteiger partial charge in [-0.3, -0.25) is 30.3 Å². The first-order chi connectivity index (χ1) is 34.5. The van der Waals surface area contributed by atoms with E-state index in [1.165, 1.54) is 36.3 Å². The third-order valence-electron chi connectivity index (χ3n) is 12.5. The van der Waals surface area contributed by atoms with Crippen LogP contribution in [0.2, 0.25) is 51.4 Å². The monoisotopic (exact) mass is 1120 g/mol. The maximum absolute atomic E-state index is 12.1. The summed E-state index contributed by atoms with van der Waals surface area (Å²) >= 11 is 0. The zero-order chi connectivity index (χ0) is 53.6. The van der Waals surface area contributed by atoms with Gasteiger partial charge in [0, 0.05) is 134 Å². The van der Waals surface area contributed by atoms with Gasteiger partial charge in [-0.1, -0.05) is 51.4 Å². The lowest BCUT2D eigenvalue weighted by atomic mass is 10.2. The van der Waals surface area contributed by atoms with E-state index < -0.39 is 31.8 Å². The molecule has 4 aliphatic heterocycles. The molecule has 4 saturated heterocycles. The van der Waals surface area contributed by atoms with Crippen LogP contribution in [0.15, 0.2) is 97.1 Å². The maximum Gasteiger partial charge on any atom is 0.269 e. The molecule has 0 saturated carbocycles. The molecule has 4 aromatic rings. The van der Waals surface area contributed by atoms with Crippen LogP contribution >= 0.6 is 24.8 Å². The number of hydrogen-bond acceptors (Lipinski definition) is 15. The van der Waals surface area contributed by atoms with Crippen LogP contribution in [-0.2, 0) is 9.47 Å². The first kappa shape index (κ1) is 66.1. The second kappa shape index (κ2) is 33.2. The molecular formula is C52H81Cl2FN8O10Si2. The van der Waals surface area contributed by atoms with Crippen molar-refractivity contribution in [1.29, 1.82) is 0 Å². The van der Waals surface area contributed by atoms with Crippen LogP contribution in [0.5, 0.6) is 0 Å². The standard InChI is InChI=1S/C16H26N2O3Si.C16H28N2OSi.C10H12N2O3.C6H4FNO2.C4H9NO.2ClH/c1-22(2,3)12-4-11-21-16-9-10-17(13-16)14-5-7-15(8-6-14)18(19)20;1-20(2,3)12-4-11-19-16-9-10-18(13-16)15-7-5-14(17)6-8-15;13-10-5-6-11(7-10)8-1-3-9(4-2-8)12(14)15;7-5-1-3-6(4-2-5)8(9)10;6-4-1-2-5-3-4;;/h5-8,16H,4,9-13H2,1-3H3;5-8,16H,4,9-13,17H2,1-3H3;1-4,10,13H,5-7H2;1-4H;4-6H,1-3H2;2*1H. The normalized spacial score (nSPS) is 18.8. The zero-order valence-electron chi connectivity index (χ0n) is 44.4. The van der Waals surface area contributed by atoms with E-state index in [1.54, 1.807) is 24.3 Å². The van der Waals surface area contributed by atoms with Gasteiger partial charge < -0.3 is 45.4 Å². The number of halogens is 3. The first-order valence-electron chi connectivity index (χ1n) is 25.3. The third-order valence-corrected chi connectivity index (χ3v) is 16.2. The Hall–Kier alpha value is -4.98. The maximum atomic E-state index is 12.1. The topological polar surface area (TPSA) is 236 Å². The van der Waals surface area contributed by atoms with Crippen molar-refractivity contribution in [3.8, 4) is 0 Å². The highest BCUT2D eigenvalue weighted by Gasteiger charge is 2.26. The smallest absolute Gasteiger partial charge is 0.269 e. The number of anilines is 4. The molecule has 0 bridgehead atoms. The van der Waals surface area contributed by atoms with Crippen molar-refractivity contribution in [1.82, 2.24) is 5.32 Å². The molecule has 0 radical (unpaired) electrons. The molecule has 75 heavy (non-hydrogen) atoms. The Morgan fingerprint density at radius 2 is 0.933 bits per heavy atom. The van der Waals surface area contributed by atoms with E-state index in [-0.39, 0.29) is 65.1 Å². The summed E-state index contributed by atoms with van der Waals surface area (Å²) in [6.07, 6.45) is 6.58. The summed E-state index contributed by atoms with van der Waals surface area (Å²) in [4.78, 5) is 36.4. The molecule has 8 rings (SSSR count). The predicted octanol–water partition coefficient (Wildman–Crippen LogP) is 10.6. The Kier molecular flexibility index (Phi) is 29.3. The lowest BCUT2D eigenvalue weighted by Gasteiger charge is -2.19. The lowest BCUT2D eigenvalue weighted by Crippen LogP contribution is -2.24. The number of nitro groups is 3. The number of aliphatic hydroxyl groups is 2. The number of nitro benzene ring substituents is 3. The molecule has 4 atom stereocenters. The van der Waals surface area contributed by atoms with Crippen molar-refractivity contribution >= 4 is 80.8 Å². The summed E-state index contributed by atoms with van der Waals surface area (Å²) in [5.74, 6) is -0.467. The molecule has 0 spiro atoms. The van der Waals surface area contributed by atoms with Crippen molar-refractivity contribution in [3.05, 3.63) is 133 Å². The molecule has 18 nitrogen and oxygen atoms in total. The third kappa shape index (κ3) is 26.1. The Morgan fingerprint density at radius 3 is 1.24 bits per heavy atom. The van der Waals surface area contributed by atoms with Crippen LogP contribution in [0.4, 0.5) is 44.2 Å². The Balaban J connectivity index is 0.000000335. The molecule has 418 valence electrons. The summed E-state index contributed by atoms with van der Waals surface area (Å²) in [7, 11) is -1.87. The quantitative estimate of drug-likeness (QED) is 0.0268. The van der Waals surface area contributed by atoms with Crippen molar-refractivity contribution in [3.63, 3.8) is 0 Å². The van der Waals surface area contributed by atoms with Crippen LogP contribution < -0.4 is 25.8 Å². The molecule has 4 aliphatic rings. The number of aliphatic hydroxyl groups excluding tert-OH is 2. The van der Waals surface area contributed by atoms with Crippen LogP contribution in [0.1, 0.15) is 38.5 Å². The second-order valence-corrected chi connectivity index (χ2v) is 32.4. The Labute approximate surface area is 456 Å². The number of benzene rings is 4. The van der Waals surface area contributed by atoms with Crippen LogP contribution in [0.25, 0.3) is 0 Å². The molecule has 4 fully saturated rings. The summed E-state index contributed by atoms with van der Waals surface area (Å²) in [6, 6.07) is 28.4. The van der Waals surface area contributed by atoms with E-state index in [0.717, 1.165) is 132 Å². The summed E-state index contributed by atoms with van der Waals surface area (Å²) in [5.41, 5.74) is 9.92. The largest absolute Gasteiger partial charge is 0.399 e. The number of non-ortho nitro benzene ring substituents is 3. The van der Waals surface area contributed by atoms with Gasteiger partial charge in [0.25, 0.3) is 17.1 Å². The van der Waals surface area contributed by atoms with Gasteiger partial charge in [-0.05, 0) is 106 Å². The number of nitrogens with two attached hydrogens (primary N) is 1. The number of nitrogens with zero attached hydrogens (tertiary/aromatic N) is 6. The van der Waals surface area contributed by atoms with E-state index >= 15 is 0 Å². The van der Waals surface area contributed by atoms with Gasteiger partial charge in [-0.15, -0.1) is 24.8 Å². The predicted molar refractivity (Wildman–Crippen MR) is 310 cm³/mol. The van der Waals surface area contributed by atoms with Crippen molar-refractivity contribution in [2.75, 3.05) is 86.0 Å². The molecule has 4 unspecified atom stereocenters. The number of ether oxygens (including phenoxy) is 2. The number of hydrogen-bond donors (Lipinski definition) is 4. The average molecular weight is 1120 g/mol. The van der Waals surface area contributed by atoms with Crippen LogP contribution in [0, 0.1) is 36.2 Å². The van der Waals surface area contributed by atoms with E-state index in [0.29, 0.717) is 12.6 Å². The minimum Gasteiger partial charge on any atom is -0.399 e. The van der Waals surface area contributed by atoms with Gasteiger partial charge in [-0.2, -0.15) is 0 Å². The van der Waals surface area contributed by atoms with Gasteiger partial charge in [0.05, 0.1) is 39.2 Å². The molecular weight excluding hydrogens is 1040 g/mol.